The van der Waals surface area contributed by atoms with Gasteiger partial charge < -0.3 is 5.11 Å². The SMILES string of the molecule is O=C(O)c1sc2ccccc2c1CCl. The highest BCUT2D eigenvalue weighted by Crippen LogP contribution is 2.32. The number of rotatable bonds is 2. The number of fused-ring (bicyclic) bond motifs is 1. The quantitative estimate of drug-likeness (QED) is 0.798. The van der Waals surface area contributed by atoms with Crippen LogP contribution in [0, 0.1) is 0 Å². The maximum Gasteiger partial charge on any atom is 0.346 e. The first kappa shape index (κ1) is 9.49. The first-order valence-electron chi connectivity index (χ1n) is 4.03. The van der Waals surface area contributed by atoms with Crippen molar-refractivity contribution in [2.24, 2.45) is 0 Å². The minimum atomic E-state index is -0.901. The molecular formula is C10H7ClO2S. The molecule has 0 fully saturated rings. The van der Waals surface area contributed by atoms with Gasteiger partial charge in [-0.3, -0.25) is 0 Å². The van der Waals surface area contributed by atoms with Gasteiger partial charge in [0.05, 0.1) is 0 Å². The van der Waals surface area contributed by atoms with E-state index in [1.807, 2.05) is 24.3 Å². The summed E-state index contributed by atoms with van der Waals surface area (Å²) in [6, 6.07) is 7.58. The van der Waals surface area contributed by atoms with Crippen molar-refractivity contribution in [1.82, 2.24) is 0 Å². The van der Waals surface area contributed by atoms with Gasteiger partial charge in [-0.2, -0.15) is 0 Å². The molecule has 2 nitrogen and oxygen atoms in total. The Bertz CT molecular complexity index is 490. The van der Waals surface area contributed by atoms with Crippen molar-refractivity contribution >= 4 is 39.0 Å². The second kappa shape index (κ2) is 3.59. The van der Waals surface area contributed by atoms with Gasteiger partial charge >= 0.3 is 5.97 Å². The topological polar surface area (TPSA) is 37.3 Å². The van der Waals surface area contributed by atoms with Crippen molar-refractivity contribution in [2.75, 3.05) is 0 Å². The molecule has 1 aromatic carbocycles. The fourth-order valence-electron chi connectivity index (χ4n) is 1.40. The maximum absolute atomic E-state index is 10.9. The second-order valence-corrected chi connectivity index (χ2v) is 4.16. The summed E-state index contributed by atoms with van der Waals surface area (Å²) in [5.74, 6) is -0.659. The van der Waals surface area contributed by atoms with E-state index in [0.29, 0.717) is 4.88 Å². The number of carbonyl (C=O) groups is 1. The van der Waals surface area contributed by atoms with E-state index < -0.39 is 5.97 Å². The van der Waals surface area contributed by atoms with E-state index in [1.165, 1.54) is 11.3 Å². The lowest BCUT2D eigenvalue weighted by Crippen LogP contribution is -1.95. The van der Waals surface area contributed by atoms with Crippen molar-refractivity contribution in [3.63, 3.8) is 0 Å². The smallest absolute Gasteiger partial charge is 0.346 e. The predicted molar refractivity (Wildman–Crippen MR) is 58.3 cm³/mol. The minimum Gasteiger partial charge on any atom is -0.477 e. The standard InChI is InChI=1S/C10H7ClO2S/c11-5-7-6-3-1-2-4-8(6)14-9(7)10(12)13/h1-4H,5H2,(H,12,13). The van der Waals surface area contributed by atoms with E-state index in [0.717, 1.165) is 15.6 Å². The van der Waals surface area contributed by atoms with Crippen molar-refractivity contribution in [1.29, 1.82) is 0 Å². The average molecular weight is 227 g/mol. The predicted octanol–water partition coefficient (Wildman–Crippen LogP) is 3.34. The molecule has 0 saturated heterocycles. The van der Waals surface area contributed by atoms with Gasteiger partial charge in [0, 0.05) is 16.1 Å². The molecule has 0 amide bonds. The van der Waals surface area contributed by atoms with Crippen LogP contribution in [-0.2, 0) is 5.88 Å². The second-order valence-electron chi connectivity index (χ2n) is 2.84. The Hall–Kier alpha value is -1.06. The van der Waals surface area contributed by atoms with E-state index >= 15 is 0 Å². The Morgan fingerprint density at radius 3 is 2.79 bits per heavy atom. The van der Waals surface area contributed by atoms with Gasteiger partial charge in [-0.15, -0.1) is 22.9 Å². The lowest BCUT2D eigenvalue weighted by atomic mass is 10.1. The zero-order valence-electron chi connectivity index (χ0n) is 7.16. The Morgan fingerprint density at radius 1 is 1.43 bits per heavy atom. The number of alkyl halides is 1. The van der Waals surface area contributed by atoms with E-state index in [4.69, 9.17) is 16.7 Å². The van der Waals surface area contributed by atoms with Crippen LogP contribution in [0.25, 0.3) is 10.1 Å². The van der Waals surface area contributed by atoms with Gasteiger partial charge in [0.15, 0.2) is 0 Å². The number of aromatic carboxylic acids is 1. The summed E-state index contributed by atoms with van der Waals surface area (Å²) in [5, 5.41) is 9.90. The molecule has 0 atom stereocenters. The lowest BCUT2D eigenvalue weighted by Gasteiger charge is -1.93. The Labute approximate surface area is 89.7 Å². The summed E-state index contributed by atoms with van der Waals surface area (Å²) in [4.78, 5) is 11.3. The van der Waals surface area contributed by atoms with Crippen LogP contribution in [-0.4, -0.2) is 11.1 Å². The fraction of sp³-hybridized carbons (Fsp3) is 0.100. The number of halogens is 1. The number of carboxylic acid groups (broad SMARTS) is 1. The Balaban J connectivity index is 2.78. The first-order chi connectivity index (χ1) is 6.74. The van der Waals surface area contributed by atoms with Crippen LogP contribution < -0.4 is 0 Å². The summed E-state index contributed by atoms with van der Waals surface area (Å²) in [6.45, 7) is 0. The molecule has 1 aromatic heterocycles. The Morgan fingerprint density at radius 2 is 2.14 bits per heavy atom. The molecule has 1 heterocycles. The zero-order valence-corrected chi connectivity index (χ0v) is 8.73. The summed E-state index contributed by atoms with van der Waals surface area (Å²) < 4.78 is 0.973. The van der Waals surface area contributed by atoms with Crippen molar-refractivity contribution in [2.45, 2.75) is 5.88 Å². The van der Waals surface area contributed by atoms with Crippen LogP contribution in [0.15, 0.2) is 24.3 Å². The van der Waals surface area contributed by atoms with E-state index in [9.17, 15) is 4.79 Å². The van der Waals surface area contributed by atoms with Gasteiger partial charge in [0.1, 0.15) is 4.88 Å². The molecule has 0 aliphatic heterocycles. The first-order valence-corrected chi connectivity index (χ1v) is 5.39. The summed E-state index contributed by atoms with van der Waals surface area (Å²) in [5.41, 5.74) is 0.722. The van der Waals surface area contributed by atoms with E-state index in [2.05, 4.69) is 0 Å². The molecular weight excluding hydrogens is 220 g/mol. The molecule has 0 saturated carbocycles. The van der Waals surface area contributed by atoms with Crippen LogP contribution in [0.5, 0.6) is 0 Å². The zero-order chi connectivity index (χ0) is 10.1. The van der Waals surface area contributed by atoms with Crippen molar-refractivity contribution in [3.05, 3.63) is 34.7 Å². The maximum atomic E-state index is 10.9. The number of thiophene rings is 1. The van der Waals surface area contributed by atoms with Gasteiger partial charge in [-0.1, -0.05) is 18.2 Å². The van der Waals surface area contributed by atoms with Crippen LogP contribution in [0.4, 0.5) is 0 Å². The lowest BCUT2D eigenvalue weighted by molar-refractivity contribution is 0.0701. The minimum absolute atomic E-state index is 0.242. The highest BCUT2D eigenvalue weighted by molar-refractivity contribution is 7.21. The monoisotopic (exact) mass is 226 g/mol. The molecule has 0 bridgehead atoms. The number of benzene rings is 1. The molecule has 4 heteroatoms. The molecule has 0 spiro atoms. The van der Waals surface area contributed by atoms with Gasteiger partial charge in [-0.05, 0) is 11.5 Å². The third kappa shape index (κ3) is 1.38. The number of hydrogen-bond donors (Lipinski definition) is 1. The van der Waals surface area contributed by atoms with Crippen LogP contribution in [0.3, 0.4) is 0 Å². The molecule has 1 N–H and O–H groups in total. The van der Waals surface area contributed by atoms with Crippen LogP contribution >= 0.6 is 22.9 Å². The summed E-state index contributed by atoms with van der Waals surface area (Å²) in [6.07, 6.45) is 0. The van der Waals surface area contributed by atoms with Gasteiger partial charge in [-0.25, -0.2) is 4.79 Å². The van der Waals surface area contributed by atoms with E-state index in [1.54, 1.807) is 0 Å². The highest BCUT2D eigenvalue weighted by atomic mass is 35.5. The van der Waals surface area contributed by atoms with Gasteiger partial charge in [0.2, 0.25) is 0 Å². The summed E-state index contributed by atoms with van der Waals surface area (Å²) in [7, 11) is 0. The van der Waals surface area contributed by atoms with Crippen molar-refractivity contribution < 1.29 is 9.90 Å². The third-order valence-electron chi connectivity index (χ3n) is 2.03. The fourth-order valence-corrected chi connectivity index (χ4v) is 2.82. The molecule has 2 rings (SSSR count). The summed E-state index contributed by atoms with van der Waals surface area (Å²) >= 11 is 7.01. The molecule has 0 aliphatic rings. The third-order valence-corrected chi connectivity index (χ3v) is 3.49. The number of hydrogen-bond acceptors (Lipinski definition) is 2. The molecule has 0 aliphatic carbocycles. The van der Waals surface area contributed by atoms with Gasteiger partial charge in [0.25, 0.3) is 0 Å². The van der Waals surface area contributed by atoms with Crippen molar-refractivity contribution in [3.8, 4) is 0 Å². The Kier molecular flexibility index (Phi) is 2.44. The largest absolute Gasteiger partial charge is 0.477 e. The molecule has 2 aromatic rings. The van der Waals surface area contributed by atoms with Crippen LogP contribution in [0.2, 0.25) is 0 Å². The number of carboxylic acids is 1. The van der Waals surface area contributed by atoms with Crippen LogP contribution in [0.1, 0.15) is 15.2 Å². The molecule has 72 valence electrons. The molecule has 0 radical (unpaired) electrons. The average Bonchev–Trinajstić information content (AvgIpc) is 2.56. The molecule has 14 heavy (non-hydrogen) atoms. The highest BCUT2D eigenvalue weighted by Gasteiger charge is 2.15. The van der Waals surface area contributed by atoms with E-state index in [-0.39, 0.29) is 5.88 Å². The molecule has 0 unspecified atom stereocenters. The normalized spacial score (nSPS) is 10.6.